The highest BCUT2D eigenvalue weighted by Gasteiger charge is 2.21. The van der Waals surface area contributed by atoms with Crippen molar-refractivity contribution in [3.05, 3.63) is 35.9 Å². The molecule has 0 amide bonds. The zero-order valence-corrected chi connectivity index (χ0v) is 10.9. The fourth-order valence-electron chi connectivity index (χ4n) is 2.79. The molecular formula is C15H24N2O. The molecule has 0 aromatic heterocycles. The standard InChI is InChI=1S/C15H24N2O/c16-13-7-4-8-14(10-13)17-15(11-18)9-12-5-2-1-3-6-12/h1-3,5-6,13-15,17-18H,4,7-11,16H2/t13?,14?,15-/m1/s1. The maximum absolute atomic E-state index is 9.49. The average molecular weight is 248 g/mol. The van der Waals surface area contributed by atoms with Crippen LogP contribution in [0, 0.1) is 0 Å². The number of nitrogens with one attached hydrogen (secondary N) is 1. The summed E-state index contributed by atoms with van der Waals surface area (Å²) in [6.45, 7) is 0.181. The van der Waals surface area contributed by atoms with E-state index >= 15 is 0 Å². The lowest BCUT2D eigenvalue weighted by molar-refractivity contribution is 0.213. The molecular weight excluding hydrogens is 224 g/mol. The van der Waals surface area contributed by atoms with Crippen molar-refractivity contribution in [1.29, 1.82) is 0 Å². The third-order valence-electron chi connectivity index (χ3n) is 3.73. The minimum atomic E-state index is 0.141. The van der Waals surface area contributed by atoms with Crippen molar-refractivity contribution in [2.75, 3.05) is 6.61 Å². The molecule has 1 aliphatic rings. The summed E-state index contributed by atoms with van der Waals surface area (Å²) in [7, 11) is 0. The smallest absolute Gasteiger partial charge is 0.0587 e. The Labute approximate surface area is 109 Å². The van der Waals surface area contributed by atoms with Crippen molar-refractivity contribution in [3.8, 4) is 0 Å². The minimum absolute atomic E-state index is 0.141. The quantitative estimate of drug-likeness (QED) is 0.739. The van der Waals surface area contributed by atoms with Crippen LogP contribution in [-0.2, 0) is 6.42 Å². The van der Waals surface area contributed by atoms with E-state index < -0.39 is 0 Å². The van der Waals surface area contributed by atoms with E-state index in [2.05, 4.69) is 17.4 Å². The summed E-state index contributed by atoms with van der Waals surface area (Å²) >= 11 is 0. The lowest BCUT2D eigenvalue weighted by Crippen LogP contribution is -2.46. The molecule has 2 unspecified atom stereocenters. The van der Waals surface area contributed by atoms with Crippen molar-refractivity contribution in [2.45, 2.75) is 50.2 Å². The van der Waals surface area contributed by atoms with E-state index in [1.54, 1.807) is 0 Å². The third-order valence-corrected chi connectivity index (χ3v) is 3.73. The summed E-state index contributed by atoms with van der Waals surface area (Å²) in [5.74, 6) is 0. The number of nitrogens with two attached hydrogens (primary N) is 1. The molecule has 1 aliphatic carbocycles. The van der Waals surface area contributed by atoms with Crippen molar-refractivity contribution in [3.63, 3.8) is 0 Å². The van der Waals surface area contributed by atoms with Crippen molar-refractivity contribution >= 4 is 0 Å². The second kappa shape index (κ2) is 6.88. The van der Waals surface area contributed by atoms with Crippen LogP contribution in [0.4, 0.5) is 0 Å². The van der Waals surface area contributed by atoms with Gasteiger partial charge in [0.25, 0.3) is 0 Å². The molecule has 100 valence electrons. The van der Waals surface area contributed by atoms with Gasteiger partial charge in [-0.1, -0.05) is 36.8 Å². The fourth-order valence-corrected chi connectivity index (χ4v) is 2.79. The SMILES string of the molecule is NC1CCCC(N[C@@H](CO)Cc2ccccc2)C1. The Morgan fingerprint density at radius 1 is 1.28 bits per heavy atom. The van der Waals surface area contributed by atoms with Gasteiger partial charge in [-0.05, 0) is 31.2 Å². The Kier molecular flexibility index (Phi) is 5.17. The minimum Gasteiger partial charge on any atom is -0.395 e. The summed E-state index contributed by atoms with van der Waals surface area (Å²) in [6.07, 6.45) is 5.43. The van der Waals surface area contributed by atoms with E-state index in [1.807, 2.05) is 18.2 Å². The summed E-state index contributed by atoms with van der Waals surface area (Å²) in [5.41, 5.74) is 7.26. The second-order valence-electron chi connectivity index (χ2n) is 5.36. The molecule has 3 atom stereocenters. The summed E-state index contributed by atoms with van der Waals surface area (Å²) in [5, 5.41) is 13.0. The Morgan fingerprint density at radius 2 is 2.06 bits per heavy atom. The number of aliphatic hydroxyl groups excluding tert-OH is 1. The maximum Gasteiger partial charge on any atom is 0.0587 e. The van der Waals surface area contributed by atoms with Crippen molar-refractivity contribution in [2.24, 2.45) is 5.73 Å². The van der Waals surface area contributed by atoms with Gasteiger partial charge in [-0.2, -0.15) is 0 Å². The molecule has 0 spiro atoms. The predicted octanol–water partition coefficient (Wildman–Crippen LogP) is 1.45. The average Bonchev–Trinajstić information content (AvgIpc) is 2.39. The zero-order valence-electron chi connectivity index (χ0n) is 10.9. The third kappa shape index (κ3) is 4.09. The molecule has 1 saturated carbocycles. The Bertz CT molecular complexity index is 342. The summed E-state index contributed by atoms with van der Waals surface area (Å²) < 4.78 is 0. The van der Waals surface area contributed by atoms with E-state index in [4.69, 9.17) is 5.73 Å². The van der Waals surface area contributed by atoms with E-state index in [0.717, 1.165) is 19.3 Å². The first kappa shape index (κ1) is 13.5. The van der Waals surface area contributed by atoms with E-state index in [-0.39, 0.29) is 12.6 Å². The molecule has 2 rings (SSSR count). The lowest BCUT2D eigenvalue weighted by Gasteiger charge is -2.30. The van der Waals surface area contributed by atoms with Gasteiger partial charge in [0.05, 0.1) is 6.61 Å². The van der Waals surface area contributed by atoms with Gasteiger partial charge in [-0.3, -0.25) is 0 Å². The van der Waals surface area contributed by atoms with Gasteiger partial charge in [-0.15, -0.1) is 0 Å². The molecule has 1 aromatic rings. The van der Waals surface area contributed by atoms with Crippen molar-refractivity contribution in [1.82, 2.24) is 5.32 Å². The molecule has 0 radical (unpaired) electrons. The van der Waals surface area contributed by atoms with Crippen LogP contribution < -0.4 is 11.1 Å². The van der Waals surface area contributed by atoms with Gasteiger partial charge in [-0.25, -0.2) is 0 Å². The van der Waals surface area contributed by atoms with Gasteiger partial charge in [0.15, 0.2) is 0 Å². The molecule has 0 heterocycles. The Balaban J connectivity index is 1.85. The van der Waals surface area contributed by atoms with Gasteiger partial charge < -0.3 is 16.2 Å². The monoisotopic (exact) mass is 248 g/mol. The zero-order chi connectivity index (χ0) is 12.8. The largest absolute Gasteiger partial charge is 0.395 e. The topological polar surface area (TPSA) is 58.3 Å². The highest BCUT2D eigenvalue weighted by molar-refractivity contribution is 5.16. The number of hydrogen-bond acceptors (Lipinski definition) is 3. The fraction of sp³-hybridized carbons (Fsp3) is 0.600. The van der Waals surface area contributed by atoms with E-state index in [0.29, 0.717) is 12.1 Å². The summed E-state index contributed by atoms with van der Waals surface area (Å²) in [6, 6.07) is 11.3. The highest BCUT2D eigenvalue weighted by atomic mass is 16.3. The predicted molar refractivity (Wildman–Crippen MR) is 74.4 cm³/mol. The molecule has 1 aromatic carbocycles. The number of rotatable bonds is 5. The lowest BCUT2D eigenvalue weighted by atomic mass is 9.90. The van der Waals surface area contributed by atoms with Crippen LogP contribution in [0.25, 0.3) is 0 Å². The Hall–Kier alpha value is -0.900. The number of benzene rings is 1. The maximum atomic E-state index is 9.49. The molecule has 3 heteroatoms. The first-order chi connectivity index (χ1) is 8.78. The van der Waals surface area contributed by atoms with Crippen LogP contribution in [0.1, 0.15) is 31.2 Å². The molecule has 0 saturated heterocycles. The van der Waals surface area contributed by atoms with Gasteiger partial charge in [0.2, 0.25) is 0 Å². The van der Waals surface area contributed by atoms with Gasteiger partial charge in [0, 0.05) is 18.1 Å². The Morgan fingerprint density at radius 3 is 2.72 bits per heavy atom. The molecule has 0 aliphatic heterocycles. The van der Waals surface area contributed by atoms with Crippen LogP contribution in [0.5, 0.6) is 0 Å². The van der Waals surface area contributed by atoms with Crippen LogP contribution in [0.15, 0.2) is 30.3 Å². The second-order valence-corrected chi connectivity index (χ2v) is 5.36. The van der Waals surface area contributed by atoms with E-state index in [1.165, 1.54) is 18.4 Å². The molecule has 18 heavy (non-hydrogen) atoms. The van der Waals surface area contributed by atoms with Gasteiger partial charge >= 0.3 is 0 Å². The normalized spacial score (nSPS) is 25.9. The molecule has 1 fully saturated rings. The summed E-state index contributed by atoms with van der Waals surface area (Å²) in [4.78, 5) is 0. The van der Waals surface area contributed by atoms with Crippen LogP contribution >= 0.6 is 0 Å². The van der Waals surface area contributed by atoms with Crippen LogP contribution in [0.2, 0.25) is 0 Å². The van der Waals surface area contributed by atoms with Crippen LogP contribution in [-0.4, -0.2) is 29.8 Å². The van der Waals surface area contributed by atoms with Gasteiger partial charge in [0.1, 0.15) is 0 Å². The first-order valence-corrected chi connectivity index (χ1v) is 6.94. The molecule has 0 bridgehead atoms. The van der Waals surface area contributed by atoms with E-state index in [9.17, 15) is 5.11 Å². The number of aliphatic hydroxyl groups is 1. The molecule has 4 N–H and O–H groups in total. The number of hydrogen-bond donors (Lipinski definition) is 3. The van der Waals surface area contributed by atoms with Crippen LogP contribution in [0.3, 0.4) is 0 Å². The molecule has 3 nitrogen and oxygen atoms in total. The van der Waals surface area contributed by atoms with Crippen molar-refractivity contribution < 1.29 is 5.11 Å². The first-order valence-electron chi connectivity index (χ1n) is 6.94. The highest BCUT2D eigenvalue weighted by Crippen LogP contribution is 2.18.